The molecule has 0 aromatic carbocycles. The van der Waals surface area contributed by atoms with Crippen LogP contribution >= 0.6 is 0 Å². The molecule has 3 aromatic rings. The van der Waals surface area contributed by atoms with Gasteiger partial charge in [0.2, 0.25) is 0 Å². The molecule has 23 heavy (non-hydrogen) atoms. The molecule has 3 rings (SSSR count). The molecular weight excluding hydrogens is 300 g/mol. The summed E-state index contributed by atoms with van der Waals surface area (Å²) in [4.78, 5) is 27.6. The van der Waals surface area contributed by atoms with Crippen molar-refractivity contribution < 1.29 is 14.7 Å². The molecule has 0 aliphatic carbocycles. The number of amides is 1. The van der Waals surface area contributed by atoms with E-state index in [1.165, 1.54) is 16.9 Å². The Morgan fingerprint density at radius 2 is 2.17 bits per heavy atom. The number of carboxylic acids is 1. The number of carboxylic acid groups (broad SMARTS) is 1. The minimum Gasteiger partial charge on any atom is -0.476 e. The topological polar surface area (TPSA) is 126 Å². The SMILES string of the molecule is Cn1cc(NC(=O)c2cccc(-c3cn[nH]c3)n2)c(C(=O)O)n1. The van der Waals surface area contributed by atoms with Crippen LogP contribution in [0.5, 0.6) is 0 Å². The fourth-order valence-corrected chi connectivity index (χ4v) is 2.04. The van der Waals surface area contributed by atoms with E-state index in [4.69, 9.17) is 5.11 Å². The third kappa shape index (κ3) is 2.93. The van der Waals surface area contributed by atoms with E-state index in [1.54, 1.807) is 31.6 Å². The molecule has 1 amide bonds. The quantitative estimate of drug-likeness (QED) is 0.663. The maximum absolute atomic E-state index is 12.3. The minimum atomic E-state index is -1.22. The number of aryl methyl sites for hydroxylation is 1. The first-order chi connectivity index (χ1) is 11.0. The van der Waals surface area contributed by atoms with Crippen molar-refractivity contribution in [2.24, 2.45) is 7.05 Å². The van der Waals surface area contributed by atoms with Gasteiger partial charge in [0.15, 0.2) is 5.69 Å². The predicted octanol–water partition coefficient (Wildman–Crippen LogP) is 1.16. The maximum Gasteiger partial charge on any atom is 0.358 e. The summed E-state index contributed by atoms with van der Waals surface area (Å²) in [5, 5.41) is 21.9. The van der Waals surface area contributed by atoms with E-state index in [-0.39, 0.29) is 17.1 Å². The number of carbonyl (C=O) groups excluding carboxylic acids is 1. The van der Waals surface area contributed by atoms with E-state index in [2.05, 4.69) is 25.6 Å². The lowest BCUT2D eigenvalue weighted by atomic mass is 10.2. The average molecular weight is 312 g/mol. The number of hydrogen-bond donors (Lipinski definition) is 3. The number of carbonyl (C=O) groups is 2. The number of pyridine rings is 1. The van der Waals surface area contributed by atoms with Crippen molar-refractivity contribution in [3.05, 3.63) is 48.2 Å². The Morgan fingerprint density at radius 1 is 1.35 bits per heavy atom. The first kappa shape index (κ1) is 14.4. The fourth-order valence-electron chi connectivity index (χ4n) is 2.04. The van der Waals surface area contributed by atoms with Crippen LogP contribution in [0, 0.1) is 0 Å². The van der Waals surface area contributed by atoms with Crippen molar-refractivity contribution in [3.8, 4) is 11.3 Å². The minimum absolute atomic E-state index is 0.112. The summed E-state index contributed by atoms with van der Waals surface area (Å²) in [5.74, 6) is -1.74. The number of aromatic nitrogens is 5. The van der Waals surface area contributed by atoms with Crippen molar-refractivity contribution in [1.82, 2.24) is 25.0 Å². The molecule has 3 N–H and O–H groups in total. The van der Waals surface area contributed by atoms with Crippen LogP contribution < -0.4 is 5.32 Å². The number of aromatic carboxylic acids is 1. The first-order valence-corrected chi connectivity index (χ1v) is 6.59. The molecule has 0 aliphatic rings. The summed E-state index contributed by atoms with van der Waals surface area (Å²) < 4.78 is 1.31. The lowest BCUT2D eigenvalue weighted by Crippen LogP contribution is -2.15. The zero-order valence-corrected chi connectivity index (χ0v) is 12.0. The molecule has 0 bridgehead atoms. The van der Waals surface area contributed by atoms with E-state index in [9.17, 15) is 9.59 Å². The largest absolute Gasteiger partial charge is 0.476 e. The van der Waals surface area contributed by atoms with Crippen LogP contribution in [0.4, 0.5) is 5.69 Å². The first-order valence-electron chi connectivity index (χ1n) is 6.59. The maximum atomic E-state index is 12.3. The van der Waals surface area contributed by atoms with Crippen LogP contribution in [0.1, 0.15) is 21.0 Å². The Hall–Kier alpha value is -3.49. The molecule has 3 heterocycles. The van der Waals surface area contributed by atoms with Gasteiger partial charge in [0.1, 0.15) is 5.69 Å². The summed E-state index contributed by atoms with van der Waals surface area (Å²) >= 11 is 0. The lowest BCUT2D eigenvalue weighted by molar-refractivity contribution is 0.0690. The second-order valence-electron chi connectivity index (χ2n) is 4.72. The smallest absolute Gasteiger partial charge is 0.358 e. The van der Waals surface area contributed by atoms with Crippen molar-refractivity contribution in [1.29, 1.82) is 0 Å². The van der Waals surface area contributed by atoms with Gasteiger partial charge in [-0.1, -0.05) is 6.07 Å². The Bertz CT molecular complexity index is 869. The van der Waals surface area contributed by atoms with E-state index >= 15 is 0 Å². The van der Waals surface area contributed by atoms with E-state index < -0.39 is 11.9 Å². The number of anilines is 1. The highest BCUT2D eigenvalue weighted by Crippen LogP contribution is 2.17. The number of hydrogen-bond acceptors (Lipinski definition) is 5. The molecule has 0 saturated heterocycles. The van der Waals surface area contributed by atoms with Crippen LogP contribution in [-0.4, -0.2) is 41.9 Å². The highest BCUT2D eigenvalue weighted by molar-refractivity contribution is 6.06. The van der Waals surface area contributed by atoms with Crippen LogP contribution in [0.15, 0.2) is 36.8 Å². The van der Waals surface area contributed by atoms with E-state index in [0.717, 1.165) is 5.56 Å². The van der Waals surface area contributed by atoms with Crippen molar-refractivity contribution in [2.45, 2.75) is 0 Å². The molecule has 0 fully saturated rings. The third-order valence-corrected chi connectivity index (χ3v) is 3.06. The van der Waals surface area contributed by atoms with Crippen molar-refractivity contribution >= 4 is 17.6 Å². The number of aromatic amines is 1. The second-order valence-corrected chi connectivity index (χ2v) is 4.72. The van der Waals surface area contributed by atoms with Gasteiger partial charge in [0.25, 0.3) is 5.91 Å². The molecule has 0 atom stereocenters. The monoisotopic (exact) mass is 312 g/mol. The molecule has 0 saturated carbocycles. The Balaban J connectivity index is 1.87. The fraction of sp³-hybridized carbons (Fsp3) is 0.0714. The van der Waals surface area contributed by atoms with Gasteiger partial charge >= 0.3 is 5.97 Å². The summed E-state index contributed by atoms with van der Waals surface area (Å²) in [6, 6.07) is 4.97. The molecular formula is C14H12N6O3. The highest BCUT2D eigenvalue weighted by Gasteiger charge is 2.18. The molecule has 0 spiro atoms. The summed E-state index contributed by atoms with van der Waals surface area (Å²) in [6.07, 6.45) is 4.67. The molecule has 0 unspecified atom stereocenters. The van der Waals surface area contributed by atoms with E-state index in [0.29, 0.717) is 5.69 Å². The average Bonchev–Trinajstić information content (AvgIpc) is 3.17. The lowest BCUT2D eigenvalue weighted by Gasteiger charge is -2.04. The van der Waals surface area contributed by atoms with Gasteiger partial charge in [0, 0.05) is 25.0 Å². The van der Waals surface area contributed by atoms with Gasteiger partial charge in [-0.3, -0.25) is 14.6 Å². The van der Waals surface area contributed by atoms with Crippen LogP contribution in [-0.2, 0) is 7.05 Å². The third-order valence-electron chi connectivity index (χ3n) is 3.06. The number of nitrogens with one attached hydrogen (secondary N) is 2. The van der Waals surface area contributed by atoms with Gasteiger partial charge in [-0.2, -0.15) is 10.2 Å². The second kappa shape index (κ2) is 5.72. The zero-order chi connectivity index (χ0) is 16.4. The molecule has 0 aliphatic heterocycles. The molecule has 0 radical (unpaired) electrons. The zero-order valence-electron chi connectivity index (χ0n) is 12.0. The van der Waals surface area contributed by atoms with Gasteiger partial charge in [-0.15, -0.1) is 0 Å². The van der Waals surface area contributed by atoms with Gasteiger partial charge in [-0.05, 0) is 12.1 Å². The standard InChI is InChI=1S/C14H12N6O3/c1-20-7-11(12(19-20)14(22)23)18-13(21)10-4-2-3-9(17-10)8-5-15-16-6-8/h2-7H,1H3,(H,15,16)(H,18,21)(H,22,23). The van der Waals surface area contributed by atoms with Crippen LogP contribution in [0.2, 0.25) is 0 Å². The normalized spacial score (nSPS) is 10.5. The van der Waals surface area contributed by atoms with Gasteiger partial charge in [0.05, 0.1) is 17.6 Å². The number of H-pyrrole nitrogens is 1. The molecule has 9 nitrogen and oxygen atoms in total. The Labute approximate surface area is 130 Å². The molecule has 116 valence electrons. The Kier molecular flexibility index (Phi) is 3.59. The summed E-state index contributed by atoms with van der Waals surface area (Å²) in [7, 11) is 1.57. The Morgan fingerprint density at radius 3 is 2.87 bits per heavy atom. The predicted molar refractivity (Wildman–Crippen MR) is 79.9 cm³/mol. The van der Waals surface area contributed by atoms with Crippen LogP contribution in [0.25, 0.3) is 11.3 Å². The van der Waals surface area contributed by atoms with E-state index in [1.807, 2.05) is 0 Å². The van der Waals surface area contributed by atoms with Crippen molar-refractivity contribution in [2.75, 3.05) is 5.32 Å². The number of nitrogens with zero attached hydrogens (tertiary/aromatic N) is 4. The molecule has 3 aromatic heterocycles. The molecule has 9 heteroatoms. The summed E-state index contributed by atoms with van der Waals surface area (Å²) in [6.45, 7) is 0. The summed E-state index contributed by atoms with van der Waals surface area (Å²) in [5.41, 5.74) is 1.36. The number of rotatable bonds is 4. The van der Waals surface area contributed by atoms with Gasteiger partial charge in [-0.25, -0.2) is 9.78 Å². The van der Waals surface area contributed by atoms with Crippen LogP contribution in [0.3, 0.4) is 0 Å². The van der Waals surface area contributed by atoms with Gasteiger partial charge < -0.3 is 10.4 Å². The van der Waals surface area contributed by atoms with Crippen molar-refractivity contribution in [3.63, 3.8) is 0 Å². The highest BCUT2D eigenvalue weighted by atomic mass is 16.4.